The number of methoxy groups -OCH3 is 1. The first-order valence-electron chi connectivity index (χ1n) is 11.4. The molecule has 0 saturated carbocycles. The van der Waals surface area contributed by atoms with Crippen molar-refractivity contribution in [3.05, 3.63) is 107 Å². The Kier molecular flexibility index (Phi) is 7.89. The zero-order valence-corrected chi connectivity index (χ0v) is 20.5. The van der Waals surface area contributed by atoms with Crippen LogP contribution >= 0.6 is 11.3 Å². The average Bonchev–Trinajstić information content (AvgIpc) is 3.58. The molecule has 2 aromatic heterocycles. The quantitative estimate of drug-likeness (QED) is 0.246. The van der Waals surface area contributed by atoms with Gasteiger partial charge >= 0.3 is 0 Å². The minimum atomic E-state index is -0.479. The number of benzene rings is 3. The molecule has 0 saturated heterocycles. The Morgan fingerprint density at radius 1 is 1.05 bits per heavy atom. The highest BCUT2D eigenvalue weighted by molar-refractivity contribution is 7.08. The second-order valence-corrected chi connectivity index (χ2v) is 9.12. The molecule has 0 aliphatic carbocycles. The molecule has 2 heterocycles. The maximum atomic E-state index is 13.3. The van der Waals surface area contributed by atoms with Crippen LogP contribution in [0.3, 0.4) is 0 Å². The Hall–Kier alpha value is -4.17. The summed E-state index contributed by atoms with van der Waals surface area (Å²) >= 11 is 1.47. The number of hydrogen-bond acceptors (Lipinski definition) is 5. The number of ether oxygens (including phenoxy) is 2. The molecule has 37 heavy (non-hydrogen) atoms. The highest BCUT2D eigenvalue weighted by atomic mass is 32.1. The summed E-state index contributed by atoms with van der Waals surface area (Å²) in [7, 11) is 1.61. The third kappa shape index (κ3) is 5.65. The van der Waals surface area contributed by atoms with Gasteiger partial charge in [0.2, 0.25) is 0 Å². The Bertz CT molecular complexity index is 1480. The number of nitrogens with zero attached hydrogens (tertiary/aromatic N) is 2. The molecule has 1 amide bonds. The molecule has 0 bridgehead atoms. The van der Waals surface area contributed by atoms with Gasteiger partial charge in [-0.2, -0.15) is 16.4 Å². The molecular weight excluding hydrogens is 489 g/mol. The van der Waals surface area contributed by atoms with Crippen LogP contribution in [-0.4, -0.2) is 28.8 Å². The minimum Gasteiger partial charge on any atom is -0.497 e. The first-order valence-corrected chi connectivity index (χ1v) is 12.3. The van der Waals surface area contributed by atoms with Gasteiger partial charge in [0.1, 0.15) is 23.4 Å². The molecule has 8 heteroatoms. The monoisotopic (exact) mass is 517 g/mol. The lowest BCUT2D eigenvalue weighted by molar-refractivity contribution is 0.0882. The Labute approximate surface area is 219 Å². The van der Waals surface area contributed by atoms with E-state index in [1.54, 1.807) is 36.2 Å². The molecule has 190 valence electrons. The molecule has 5 rings (SSSR count). The maximum absolute atomic E-state index is 13.3. The summed E-state index contributed by atoms with van der Waals surface area (Å²) in [5.41, 5.74) is 3.12. The number of carbonyl (C=O) groups is 1. The summed E-state index contributed by atoms with van der Waals surface area (Å²) in [5.74, 6) is 0.880. The number of carbonyl (C=O) groups excluding carboxylic acids is 1. The summed E-state index contributed by atoms with van der Waals surface area (Å²) < 4.78 is 27.0. The molecule has 0 aliphatic heterocycles. The van der Waals surface area contributed by atoms with Crippen LogP contribution in [0.2, 0.25) is 0 Å². The van der Waals surface area contributed by atoms with Crippen molar-refractivity contribution in [2.75, 3.05) is 7.11 Å². The van der Waals surface area contributed by atoms with E-state index in [1.165, 1.54) is 23.5 Å². The van der Waals surface area contributed by atoms with Crippen molar-refractivity contribution in [1.29, 1.82) is 0 Å². The van der Waals surface area contributed by atoms with Gasteiger partial charge in [0.05, 0.1) is 30.6 Å². The Morgan fingerprint density at radius 2 is 1.86 bits per heavy atom. The van der Waals surface area contributed by atoms with E-state index in [-0.39, 0.29) is 25.2 Å². The molecule has 5 aromatic rings. The lowest BCUT2D eigenvalue weighted by Crippen LogP contribution is -2.39. The highest BCUT2D eigenvalue weighted by Gasteiger charge is 2.24. The number of rotatable bonds is 8. The van der Waals surface area contributed by atoms with Gasteiger partial charge in [-0.05, 0) is 78.5 Å². The van der Waals surface area contributed by atoms with Gasteiger partial charge in [-0.3, -0.25) is 4.79 Å². The van der Waals surface area contributed by atoms with Crippen LogP contribution in [-0.2, 0) is 0 Å². The van der Waals surface area contributed by atoms with E-state index in [4.69, 9.17) is 9.47 Å². The van der Waals surface area contributed by atoms with Crippen LogP contribution in [0.5, 0.6) is 11.5 Å². The van der Waals surface area contributed by atoms with Gasteiger partial charge in [-0.25, -0.2) is 9.07 Å². The summed E-state index contributed by atoms with van der Waals surface area (Å²) in [6.45, 7) is 1.92. The summed E-state index contributed by atoms with van der Waals surface area (Å²) in [5, 5.41) is 12.1. The molecular formula is C29H28FN3O3S. The third-order valence-corrected chi connectivity index (χ3v) is 6.58. The van der Waals surface area contributed by atoms with Gasteiger partial charge < -0.3 is 14.8 Å². The van der Waals surface area contributed by atoms with Gasteiger partial charge in [-0.15, -0.1) is 0 Å². The molecule has 0 aliphatic rings. The zero-order chi connectivity index (χ0) is 25.1. The Morgan fingerprint density at radius 3 is 2.59 bits per heavy atom. The van der Waals surface area contributed by atoms with E-state index < -0.39 is 6.10 Å². The van der Waals surface area contributed by atoms with Crippen LogP contribution in [0.15, 0.2) is 89.8 Å². The van der Waals surface area contributed by atoms with Crippen LogP contribution in [0.25, 0.3) is 16.6 Å². The largest absolute Gasteiger partial charge is 0.497 e. The summed E-state index contributed by atoms with van der Waals surface area (Å²) in [4.78, 5) is 12.7. The molecule has 0 spiro atoms. The number of amides is 1. The Balaban J connectivity index is 0.00000320. The molecule has 0 unspecified atom stereocenters. The van der Waals surface area contributed by atoms with Gasteiger partial charge in [0.25, 0.3) is 5.91 Å². The van der Waals surface area contributed by atoms with E-state index in [2.05, 4.69) is 10.4 Å². The van der Waals surface area contributed by atoms with Gasteiger partial charge in [0.15, 0.2) is 0 Å². The fourth-order valence-electron chi connectivity index (χ4n) is 4.06. The van der Waals surface area contributed by atoms with Gasteiger partial charge in [-0.1, -0.05) is 19.6 Å². The maximum Gasteiger partial charge on any atom is 0.252 e. The second kappa shape index (κ2) is 11.3. The lowest BCUT2D eigenvalue weighted by Gasteiger charge is -2.27. The molecule has 6 nitrogen and oxygen atoms in total. The third-order valence-electron chi connectivity index (χ3n) is 5.89. The van der Waals surface area contributed by atoms with E-state index >= 15 is 0 Å². The highest BCUT2D eigenvalue weighted by Crippen LogP contribution is 2.30. The van der Waals surface area contributed by atoms with Crippen molar-refractivity contribution in [3.63, 3.8) is 0 Å². The van der Waals surface area contributed by atoms with Crippen molar-refractivity contribution < 1.29 is 18.7 Å². The standard InChI is InChI=1S/C28H24FN3O3S.CH4/c1-18(31-28(33)20-12-13-36-17-20)27(19-4-3-5-24(14-19)34-2)35-25-10-11-26-21(15-25)16-30-32(26)23-8-6-22(29)7-9-23;/h3-18,27H,1-2H3,(H,31,33);1H4/t18-,27-;/m0./s1. The van der Waals surface area contributed by atoms with Crippen molar-refractivity contribution in [1.82, 2.24) is 15.1 Å². The minimum absolute atomic E-state index is 0. The first kappa shape index (κ1) is 25.9. The van der Waals surface area contributed by atoms with Crippen molar-refractivity contribution in [3.8, 4) is 17.2 Å². The predicted octanol–water partition coefficient (Wildman–Crippen LogP) is 6.81. The second-order valence-electron chi connectivity index (χ2n) is 8.34. The molecule has 3 aromatic carbocycles. The topological polar surface area (TPSA) is 65.4 Å². The normalized spacial score (nSPS) is 12.4. The fraction of sp³-hybridized carbons (Fsp3) is 0.172. The number of fused-ring (bicyclic) bond motifs is 1. The molecule has 1 N–H and O–H groups in total. The molecule has 2 atom stereocenters. The van der Waals surface area contributed by atoms with Crippen LogP contribution in [0.1, 0.15) is 36.4 Å². The number of thiophene rings is 1. The first-order chi connectivity index (χ1) is 17.5. The van der Waals surface area contributed by atoms with E-state index in [0.717, 1.165) is 22.2 Å². The smallest absolute Gasteiger partial charge is 0.252 e. The van der Waals surface area contributed by atoms with Crippen LogP contribution < -0.4 is 14.8 Å². The lowest BCUT2D eigenvalue weighted by atomic mass is 10.0. The summed E-state index contributed by atoms with van der Waals surface area (Å²) in [6, 6.07) is 20.9. The van der Waals surface area contributed by atoms with E-state index in [0.29, 0.717) is 17.1 Å². The predicted molar refractivity (Wildman–Crippen MR) is 145 cm³/mol. The number of hydrogen-bond donors (Lipinski definition) is 1. The van der Waals surface area contributed by atoms with E-state index in [1.807, 2.05) is 60.1 Å². The van der Waals surface area contributed by atoms with Crippen molar-refractivity contribution in [2.24, 2.45) is 0 Å². The fourth-order valence-corrected chi connectivity index (χ4v) is 4.69. The van der Waals surface area contributed by atoms with Crippen LogP contribution in [0.4, 0.5) is 4.39 Å². The molecule has 0 radical (unpaired) electrons. The SMILES string of the molecule is C.COc1cccc([C@@H](Oc2ccc3c(cnn3-c3ccc(F)cc3)c2)[C@H](C)NC(=O)c2ccsc2)c1. The van der Waals surface area contributed by atoms with E-state index in [9.17, 15) is 9.18 Å². The van der Waals surface area contributed by atoms with Gasteiger partial charge in [0, 0.05) is 16.3 Å². The summed E-state index contributed by atoms with van der Waals surface area (Å²) in [6.07, 6.45) is 1.26. The van der Waals surface area contributed by atoms with Crippen molar-refractivity contribution in [2.45, 2.75) is 26.5 Å². The van der Waals surface area contributed by atoms with Crippen LogP contribution in [0, 0.1) is 5.82 Å². The van der Waals surface area contributed by atoms with Crippen molar-refractivity contribution >= 4 is 28.1 Å². The zero-order valence-electron chi connectivity index (χ0n) is 19.7. The molecule has 0 fully saturated rings. The number of nitrogens with one attached hydrogen (secondary N) is 1. The number of aromatic nitrogens is 2. The number of halogens is 1. The average molecular weight is 518 g/mol.